The van der Waals surface area contributed by atoms with Crippen LogP contribution in [0.25, 0.3) is 11.0 Å². The number of fused-ring (bicyclic) bond motifs is 1. The van der Waals surface area contributed by atoms with Gasteiger partial charge in [-0.25, -0.2) is 4.98 Å². The highest BCUT2D eigenvalue weighted by molar-refractivity contribution is 5.94. The Morgan fingerprint density at radius 3 is 3.00 bits per heavy atom. The number of nitrogens with one attached hydrogen (secondary N) is 2. The number of imidazole rings is 1. The third-order valence-electron chi connectivity index (χ3n) is 6.01. The fraction of sp³-hybridized carbons (Fsp3) is 0.308. The Morgan fingerprint density at radius 1 is 1.37 bits per heavy atom. The Bertz CT molecular complexity index is 1310. The van der Waals surface area contributed by atoms with Crippen molar-refractivity contribution in [2.24, 2.45) is 0 Å². The number of carbonyl (C=O) groups excluding carboxylic acids is 1. The monoisotopic (exact) mass is 473 g/mol. The van der Waals surface area contributed by atoms with E-state index in [1.165, 1.54) is 12.1 Å². The number of nitro groups is 1. The quantitative estimate of drug-likeness (QED) is 0.274. The van der Waals surface area contributed by atoms with Gasteiger partial charge >= 0.3 is 0 Å². The molecule has 2 aromatic carbocycles. The van der Waals surface area contributed by atoms with Crippen LogP contribution in [-0.2, 0) is 6.54 Å². The maximum Gasteiger partial charge on any atom is 0.289 e. The van der Waals surface area contributed by atoms with Gasteiger partial charge in [0.25, 0.3) is 11.6 Å². The molecule has 1 aliphatic carbocycles. The van der Waals surface area contributed by atoms with E-state index in [0.717, 1.165) is 29.9 Å². The molecule has 0 fully saturated rings. The average Bonchev–Trinajstić information content (AvgIpc) is 3.31. The summed E-state index contributed by atoms with van der Waals surface area (Å²) >= 11 is 0. The Balaban J connectivity index is 1.41. The first-order valence-corrected chi connectivity index (χ1v) is 11.5. The van der Waals surface area contributed by atoms with Gasteiger partial charge in [0, 0.05) is 43.4 Å². The number of aromatic amines is 1. The number of hydrogen-bond acceptors (Lipinski definition) is 6. The van der Waals surface area contributed by atoms with Gasteiger partial charge in [0.05, 0.1) is 16.0 Å². The normalized spacial score (nSPS) is 15.2. The molecule has 9 nitrogen and oxygen atoms in total. The molecule has 180 valence electrons. The highest BCUT2D eigenvalue weighted by atomic mass is 16.6. The number of rotatable bonds is 9. The molecule has 0 bridgehead atoms. The minimum atomic E-state index is -0.469. The van der Waals surface area contributed by atoms with E-state index in [1.807, 2.05) is 36.1 Å². The molecule has 0 spiro atoms. The number of ether oxygens (including phenoxy) is 1. The minimum Gasteiger partial charge on any atom is -0.481 e. The third kappa shape index (κ3) is 5.61. The number of benzene rings is 2. The number of H-pyrrole nitrogens is 1. The second-order valence-corrected chi connectivity index (χ2v) is 8.29. The molecule has 35 heavy (non-hydrogen) atoms. The molecule has 0 saturated carbocycles. The molecule has 1 amide bonds. The Kier molecular flexibility index (Phi) is 7.31. The van der Waals surface area contributed by atoms with Gasteiger partial charge in [0.15, 0.2) is 5.82 Å². The van der Waals surface area contributed by atoms with Gasteiger partial charge in [0.2, 0.25) is 0 Å². The van der Waals surface area contributed by atoms with Crippen LogP contribution in [0.3, 0.4) is 0 Å². The Morgan fingerprint density at radius 2 is 2.23 bits per heavy atom. The fourth-order valence-electron chi connectivity index (χ4n) is 4.30. The summed E-state index contributed by atoms with van der Waals surface area (Å²) in [5.74, 6) is 3.17. The molecule has 0 aliphatic heterocycles. The second kappa shape index (κ2) is 10.7. The average molecular weight is 474 g/mol. The van der Waals surface area contributed by atoms with Crippen molar-refractivity contribution in [2.45, 2.75) is 38.8 Å². The van der Waals surface area contributed by atoms with Crippen LogP contribution in [0.15, 0.2) is 54.2 Å². The van der Waals surface area contributed by atoms with E-state index in [9.17, 15) is 14.9 Å². The Hall–Kier alpha value is -4.32. The standard InChI is InChI=1S/C26H27N5O4/c1-3-13-35-22-10-5-7-18(14-22)17-27-19-8-6-9-20(15-19)30(4-2)26(32)25-28-23-12-11-21(31(33)34)16-24(23)29-25/h1,5,7-8,10-12,14,16,20,27H,4,6,9,13,15,17H2,2H3,(H,28,29)/t20-/m0/s1. The fourth-order valence-corrected chi connectivity index (χ4v) is 4.30. The lowest BCUT2D eigenvalue weighted by Gasteiger charge is -2.33. The van der Waals surface area contributed by atoms with Crippen LogP contribution >= 0.6 is 0 Å². The largest absolute Gasteiger partial charge is 0.481 e. The van der Waals surface area contributed by atoms with E-state index >= 15 is 0 Å². The number of terminal acetylenes is 1. The van der Waals surface area contributed by atoms with Crippen molar-refractivity contribution in [3.05, 3.63) is 75.7 Å². The number of aromatic nitrogens is 2. The number of non-ortho nitro benzene ring substituents is 1. The molecular formula is C26H27N5O4. The van der Waals surface area contributed by atoms with Crippen LogP contribution in [0.1, 0.15) is 42.4 Å². The number of nitro benzene ring substituents is 1. The molecule has 1 aromatic heterocycles. The van der Waals surface area contributed by atoms with E-state index in [0.29, 0.717) is 30.5 Å². The first-order valence-electron chi connectivity index (χ1n) is 11.5. The molecule has 0 saturated heterocycles. The summed E-state index contributed by atoms with van der Waals surface area (Å²) in [6.45, 7) is 3.34. The smallest absolute Gasteiger partial charge is 0.289 e. The van der Waals surface area contributed by atoms with Gasteiger partial charge in [-0.15, -0.1) is 6.42 Å². The van der Waals surface area contributed by atoms with Crippen LogP contribution in [0, 0.1) is 22.5 Å². The van der Waals surface area contributed by atoms with Crippen molar-refractivity contribution in [1.82, 2.24) is 20.2 Å². The second-order valence-electron chi connectivity index (χ2n) is 8.29. The predicted molar refractivity (Wildman–Crippen MR) is 133 cm³/mol. The lowest BCUT2D eigenvalue weighted by atomic mass is 9.97. The summed E-state index contributed by atoms with van der Waals surface area (Å²) in [6.07, 6.45) is 9.85. The summed E-state index contributed by atoms with van der Waals surface area (Å²) in [4.78, 5) is 33.0. The number of carbonyl (C=O) groups is 1. The summed E-state index contributed by atoms with van der Waals surface area (Å²) in [6, 6.07) is 12.1. The van der Waals surface area contributed by atoms with E-state index < -0.39 is 4.92 Å². The first-order chi connectivity index (χ1) is 17.0. The number of nitrogens with zero attached hydrogens (tertiary/aromatic N) is 3. The molecule has 1 aliphatic rings. The van der Waals surface area contributed by atoms with Crippen molar-refractivity contribution < 1.29 is 14.5 Å². The van der Waals surface area contributed by atoms with E-state index in [2.05, 4.69) is 27.3 Å². The van der Waals surface area contributed by atoms with Gasteiger partial charge < -0.3 is 19.9 Å². The van der Waals surface area contributed by atoms with E-state index in [-0.39, 0.29) is 30.1 Å². The number of allylic oxidation sites excluding steroid dienone is 1. The van der Waals surface area contributed by atoms with Crippen LogP contribution in [0.5, 0.6) is 5.75 Å². The molecule has 0 unspecified atom stereocenters. The molecule has 2 N–H and O–H groups in total. The van der Waals surface area contributed by atoms with Crippen molar-refractivity contribution in [1.29, 1.82) is 0 Å². The van der Waals surface area contributed by atoms with Gasteiger partial charge in [-0.1, -0.05) is 24.1 Å². The molecule has 9 heteroatoms. The van der Waals surface area contributed by atoms with Crippen molar-refractivity contribution in [3.63, 3.8) is 0 Å². The zero-order valence-corrected chi connectivity index (χ0v) is 19.5. The number of amides is 1. The first kappa shape index (κ1) is 23.8. The highest BCUT2D eigenvalue weighted by Crippen LogP contribution is 2.25. The van der Waals surface area contributed by atoms with Crippen molar-refractivity contribution >= 4 is 22.6 Å². The van der Waals surface area contributed by atoms with Gasteiger partial charge in [-0.2, -0.15) is 0 Å². The van der Waals surface area contributed by atoms with Crippen LogP contribution in [0.2, 0.25) is 0 Å². The summed E-state index contributed by atoms with van der Waals surface area (Å²) in [5, 5.41) is 14.5. The third-order valence-corrected chi connectivity index (χ3v) is 6.01. The molecule has 1 atom stereocenters. The maximum absolute atomic E-state index is 13.3. The number of hydrogen-bond donors (Lipinski definition) is 2. The zero-order chi connectivity index (χ0) is 24.8. The predicted octanol–water partition coefficient (Wildman–Crippen LogP) is 4.17. The molecule has 0 radical (unpaired) electrons. The summed E-state index contributed by atoms with van der Waals surface area (Å²) in [5.41, 5.74) is 3.10. The van der Waals surface area contributed by atoms with Crippen molar-refractivity contribution in [3.8, 4) is 18.1 Å². The van der Waals surface area contributed by atoms with E-state index in [4.69, 9.17) is 11.2 Å². The highest BCUT2D eigenvalue weighted by Gasteiger charge is 2.28. The van der Waals surface area contributed by atoms with E-state index in [1.54, 1.807) is 6.07 Å². The van der Waals surface area contributed by atoms with Gasteiger partial charge in [-0.3, -0.25) is 14.9 Å². The molecule has 1 heterocycles. The minimum absolute atomic E-state index is 0.0212. The lowest BCUT2D eigenvalue weighted by Crippen LogP contribution is -2.42. The molecular weight excluding hydrogens is 446 g/mol. The summed E-state index contributed by atoms with van der Waals surface area (Å²) < 4.78 is 5.49. The zero-order valence-electron chi connectivity index (χ0n) is 19.5. The Labute approximate surface area is 203 Å². The maximum atomic E-state index is 13.3. The van der Waals surface area contributed by atoms with Crippen LogP contribution in [0.4, 0.5) is 5.69 Å². The molecule has 4 rings (SSSR count). The molecule has 3 aromatic rings. The topological polar surface area (TPSA) is 113 Å². The van der Waals surface area contributed by atoms with Crippen LogP contribution < -0.4 is 10.1 Å². The van der Waals surface area contributed by atoms with Crippen LogP contribution in [-0.4, -0.2) is 44.9 Å². The van der Waals surface area contributed by atoms with Crippen molar-refractivity contribution in [2.75, 3.05) is 13.2 Å². The lowest BCUT2D eigenvalue weighted by molar-refractivity contribution is -0.384. The summed E-state index contributed by atoms with van der Waals surface area (Å²) in [7, 11) is 0. The van der Waals surface area contributed by atoms with Gasteiger partial charge in [-0.05, 0) is 43.5 Å². The SMILES string of the molecule is C#CCOc1cccc(CNC2=CCC[C@H](N(CC)C(=O)c3nc4ccc([N+](=O)[O-])cc4[nH]3)C2)c1. The van der Waals surface area contributed by atoms with Gasteiger partial charge in [0.1, 0.15) is 12.4 Å².